The maximum absolute atomic E-state index is 11.5. The molecule has 1 aliphatic carbocycles. The fraction of sp³-hybridized carbons (Fsp3) is 0.611. The van der Waals surface area contributed by atoms with E-state index in [2.05, 4.69) is 29.2 Å². The number of carbonyl (C=O) groups is 1. The van der Waals surface area contributed by atoms with E-state index in [0.717, 1.165) is 19.5 Å². The summed E-state index contributed by atoms with van der Waals surface area (Å²) in [6, 6.07) is 8.48. The van der Waals surface area contributed by atoms with Gasteiger partial charge >= 0.3 is 5.97 Å². The van der Waals surface area contributed by atoms with E-state index in [0.29, 0.717) is 6.42 Å². The number of rotatable bonds is 3. The molecular weight excluding hydrogens is 262 g/mol. The van der Waals surface area contributed by atoms with Crippen LogP contribution >= 0.6 is 0 Å². The van der Waals surface area contributed by atoms with Crippen LogP contribution in [-0.2, 0) is 16.6 Å². The van der Waals surface area contributed by atoms with E-state index in [9.17, 15) is 9.90 Å². The van der Waals surface area contributed by atoms with Crippen molar-refractivity contribution in [3.63, 3.8) is 0 Å². The molecular formula is C18H25NO2. The van der Waals surface area contributed by atoms with Gasteiger partial charge in [-0.3, -0.25) is 9.69 Å². The molecule has 0 bridgehead atoms. The van der Waals surface area contributed by atoms with Gasteiger partial charge in [0, 0.05) is 12.0 Å². The number of carboxylic acids is 1. The Bertz CT molecular complexity index is 528. The van der Waals surface area contributed by atoms with E-state index < -0.39 is 5.97 Å². The van der Waals surface area contributed by atoms with Crippen molar-refractivity contribution in [2.45, 2.75) is 56.9 Å². The second kappa shape index (κ2) is 5.80. The Balaban J connectivity index is 1.91. The Kier molecular flexibility index (Phi) is 4.03. The molecule has 1 heterocycles. The smallest absolute Gasteiger partial charge is 0.320 e. The van der Waals surface area contributed by atoms with Crippen LogP contribution in [0.5, 0.6) is 0 Å². The van der Waals surface area contributed by atoms with Crippen molar-refractivity contribution in [2.24, 2.45) is 0 Å². The summed E-state index contributed by atoms with van der Waals surface area (Å²) in [5.74, 6) is -0.668. The second-order valence-electron chi connectivity index (χ2n) is 6.63. The van der Waals surface area contributed by atoms with Crippen LogP contribution in [0.1, 0.15) is 50.2 Å². The van der Waals surface area contributed by atoms with Crippen LogP contribution in [0.3, 0.4) is 0 Å². The minimum absolute atomic E-state index is 0.190. The minimum Gasteiger partial charge on any atom is -0.480 e. The molecule has 3 nitrogen and oxygen atoms in total. The quantitative estimate of drug-likeness (QED) is 0.928. The summed E-state index contributed by atoms with van der Waals surface area (Å²) >= 11 is 0. The van der Waals surface area contributed by atoms with Crippen LogP contribution in [0.2, 0.25) is 0 Å². The van der Waals surface area contributed by atoms with E-state index >= 15 is 0 Å². The van der Waals surface area contributed by atoms with Crippen molar-refractivity contribution in [3.05, 3.63) is 35.4 Å². The lowest BCUT2D eigenvalue weighted by Gasteiger charge is -2.47. The number of fused-ring (bicyclic) bond motifs is 2. The van der Waals surface area contributed by atoms with Crippen molar-refractivity contribution in [1.82, 2.24) is 4.90 Å². The first-order chi connectivity index (χ1) is 10.2. The second-order valence-corrected chi connectivity index (χ2v) is 6.63. The van der Waals surface area contributed by atoms with Crippen molar-refractivity contribution in [2.75, 3.05) is 13.1 Å². The van der Waals surface area contributed by atoms with E-state index in [1.54, 1.807) is 0 Å². The Labute approximate surface area is 127 Å². The predicted octanol–water partition coefficient (Wildman–Crippen LogP) is 3.22. The number of hydrogen-bond donors (Lipinski definition) is 1. The number of aliphatic carboxylic acids is 1. The summed E-state index contributed by atoms with van der Waals surface area (Å²) < 4.78 is 0. The zero-order valence-electron chi connectivity index (χ0n) is 12.8. The molecule has 1 aromatic carbocycles. The topological polar surface area (TPSA) is 40.5 Å². The third kappa shape index (κ3) is 2.59. The molecule has 1 aliphatic heterocycles. The molecule has 0 saturated carbocycles. The summed E-state index contributed by atoms with van der Waals surface area (Å²) in [4.78, 5) is 13.7. The van der Waals surface area contributed by atoms with Gasteiger partial charge in [0.2, 0.25) is 0 Å². The molecule has 2 unspecified atom stereocenters. The zero-order chi connectivity index (χ0) is 14.9. The van der Waals surface area contributed by atoms with E-state index in [1.165, 1.54) is 36.8 Å². The Morgan fingerprint density at radius 1 is 1.33 bits per heavy atom. The van der Waals surface area contributed by atoms with Gasteiger partial charge in [0.25, 0.3) is 0 Å². The van der Waals surface area contributed by atoms with Crippen LogP contribution in [-0.4, -0.2) is 35.1 Å². The lowest BCUT2D eigenvalue weighted by molar-refractivity contribution is -0.144. The fourth-order valence-corrected chi connectivity index (χ4v) is 4.45. The molecule has 0 aromatic heterocycles. The number of carboxylic acid groups (broad SMARTS) is 1. The van der Waals surface area contributed by atoms with Gasteiger partial charge in [0.15, 0.2) is 0 Å². The highest BCUT2D eigenvalue weighted by Crippen LogP contribution is 2.44. The van der Waals surface area contributed by atoms with Crippen molar-refractivity contribution >= 4 is 5.97 Å². The number of benzene rings is 1. The first kappa shape index (κ1) is 14.6. The van der Waals surface area contributed by atoms with Gasteiger partial charge in [-0.1, -0.05) is 31.2 Å². The highest BCUT2D eigenvalue weighted by molar-refractivity contribution is 5.73. The summed E-state index contributed by atoms with van der Waals surface area (Å²) in [6.45, 7) is 3.82. The van der Waals surface area contributed by atoms with Crippen LogP contribution in [0, 0.1) is 0 Å². The molecule has 3 heteroatoms. The predicted molar refractivity (Wildman–Crippen MR) is 83.6 cm³/mol. The average molecular weight is 287 g/mol. The van der Waals surface area contributed by atoms with E-state index in [-0.39, 0.29) is 11.5 Å². The summed E-state index contributed by atoms with van der Waals surface area (Å²) in [7, 11) is 0. The molecule has 1 N–H and O–H groups in total. The van der Waals surface area contributed by atoms with Gasteiger partial charge in [0.05, 0.1) is 0 Å². The van der Waals surface area contributed by atoms with Gasteiger partial charge in [-0.2, -0.15) is 0 Å². The first-order valence-electron chi connectivity index (χ1n) is 8.21. The Morgan fingerprint density at radius 3 is 2.86 bits per heavy atom. The van der Waals surface area contributed by atoms with Gasteiger partial charge in [-0.05, 0) is 56.2 Å². The SMILES string of the molecule is CCC(C(=O)O)N1CCCC2(CCCc3ccccc32)C1. The fourth-order valence-electron chi connectivity index (χ4n) is 4.45. The third-order valence-electron chi connectivity index (χ3n) is 5.41. The van der Waals surface area contributed by atoms with Crippen LogP contribution in [0.25, 0.3) is 0 Å². The highest BCUT2D eigenvalue weighted by atomic mass is 16.4. The first-order valence-corrected chi connectivity index (χ1v) is 8.21. The van der Waals surface area contributed by atoms with Crippen LogP contribution < -0.4 is 0 Å². The molecule has 3 rings (SSSR count). The number of aryl methyl sites for hydroxylation is 1. The van der Waals surface area contributed by atoms with Crippen molar-refractivity contribution < 1.29 is 9.90 Å². The lowest BCUT2D eigenvalue weighted by Crippen LogP contribution is -2.53. The average Bonchev–Trinajstić information content (AvgIpc) is 2.48. The molecule has 1 saturated heterocycles. The van der Waals surface area contributed by atoms with E-state index in [1.807, 2.05) is 6.92 Å². The zero-order valence-corrected chi connectivity index (χ0v) is 12.8. The molecule has 114 valence electrons. The maximum atomic E-state index is 11.5. The highest BCUT2D eigenvalue weighted by Gasteiger charge is 2.42. The minimum atomic E-state index is -0.668. The molecule has 0 amide bonds. The van der Waals surface area contributed by atoms with Gasteiger partial charge in [0.1, 0.15) is 6.04 Å². The molecule has 1 fully saturated rings. The molecule has 2 atom stereocenters. The van der Waals surface area contributed by atoms with Gasteiger partial charge in [-0.15, -0.1) is 0 Å². The van der Waals surface area contributed by atoms with Crippen molar-refractivity contribution in [3.8, 4) is 0 Å². The van der Waals surface area contributed by atoms with Crippen LogP contribution in [0.4, 0.5) is 0 Å². The maximum Gasteiger partial charge on any atom is 0.320 e. The standard InChI is InChI=1S/C18H25NO2/c1-2-16(17(20)21)19-12-6-11-18(13-19)10-5-8-14-7-3-4-9-15(14)18/h3-4,7,9,16H,2,5-6,8,10-13H2,1H3,(H,20,21). The largest absolute Gasteiger partial charge is 0.480 e. The molecule has 2 aliphatic rings. The van der Waals surface area contributed by atoms with Crippen molar-refractivity contribution in [1.29, 1.82) is 0 Å². The van der Waals surface area contributed by atoms with Gasteiger partial charge in [-0.25, -0.2) is 0 Å². The Morgan fingerprint density at radius 2 is 2.10 bits per heavy atom. The summed E-state index contributed by atoms with van der Waals surface area (Å²) in [6.07, 6.45) is 6.61. The monoisotopic (exact) mass is 287 g/mol. The van der Waals surface area contributed by atoms with E-state index in [4.69, 9.17) is 0 Å². The molecule has 1 aromatic rings. The normalized spacial score (nSPS) is 27.3. The number of piperidine rings is 1. The molecule has 1 spiro atoms. The van der Waals surface area contributed by atoms with Gasteiger partial charge < -0.3 is 5.11 Å². The van der Waals surface area contributed by atoms with Crippen LogP contribution in [0.15, 0.2) is 24.3 Å². The Hall–Kier alpha value is -1.35. The number of likely N-dealkylation sites (tertiary alicyclic amines) is 1. The third-order valence-corrected chi connectivity index (χ3v) is 5.41. The molecule has 21 heavy (non-hydrogen) atoms. The number of nitrogens with zero attached hydrogens (tertiary/aromatic N) is 1. The summed E-state index contributed by atoms with van der Waals surface area (Å²) in [5.41, 5.74) is 3.16. The lowest BCUT2D eigenvalue weighted by atomic mass is 9.65. The molecule has 0 radical (unpaired) electrons. The summed E-state index contributed by atoms with van der Waals surface area (Å²) in [5, 5.41) is 9.47. The number of hydrogen-bond acceptors (Lipinski definition) is 2.